The topological polar surface area (TPSA) is 35.5 Å². The van der Waals surface area contributed by atoms with Gasteiger partial charge in [0.15, 0.2) is 6.29 Å². The molecule has 1 aliphatic heterocycles. The minimum Gasteiger partial charge on any atom is -0.348 e. The second kappa shape index (κ2) is 14.4. The number of rotatable bonds is 16. The first-order valence-electron chi connectivity index (χ1n) is 14.2. The molecule has 326 valence electrons. The van der Waals surface area contributed by atoms with E-state index in [1.165, 1.54) is 0 Å². The fourth-order valence-electron chi connectivity index (χ4n) is 4.69. The Morgan fingerprint density at radius 3 is 1.02 bits per heavy atom. The molecule has 0 spiro atoms. The molecular weight excluding hydrogens is 866 g/mol. The Morgan fingerprint density at radius 1 is 0.464 bits per heavy atom. The van der Waals surface area contributed by atoms with E-state index in [1.807, 2.05) is 0 Å². The summed E-state index contributed by atoms with van der Waals surface area (Å²) in [6.45, 7) is -3.40. The van der Waals surface area contributed by atoms with E-state index in [-0.39, 0.29) is 17.4 Å². The second-order valence-electron chi connectivity index (χ2n) is 12.2. The van der Waals surface area contributed by atoms with Crippen molar-refractivity contribution in [1.29, 1.82) is 0 Å². The Hall–Kier alpha value is -3.01. The van der Waals surface area contributed by atoms with Crippen molar-refractivity contribution in [3.63, 3.8) is 0 Å². The SMILES string of the molecule is O=Cc1ccc(C2OCC(CCC(F)(F)C(F)(F)C(F)(F)C(F)(F)C(F)(F)C(F)(F)F)(CCC(F)(F)C(F)(F)C(F)(F)C(F)(F)C(F)(F)C(F)(F)F)CO2)cc1. The normalized spacial score (nSPS) is 18.3. The minimum atomic E-state index is -8.41. The van der Waals surface area contributed by atoms with Crippen LogP contribution in [0.3, 0.4) is 0 Å². The summed E-state index contributed by atoms with van der Waals surface area (Å²) < 4.78 is 363. The van der Waals surface area contributed by atoms with Gasteiger partial charge < -0.3 is 9.47 Å². The molecule has 1 saturated heterocycles. The Balaban J connectivity index is 2.57. The predicted molar refractivity (Wildman–Crippen MR) is 129 cm³/mol. The Labute approximate surface area is 293 Å². The van der Waals surface area contributed by atoms with E-state index in [0.717, 1.165) is 24.3 Å². The standard InChI is InChI=1S/C27H18F26O3/c28-16(29,18(32,33)20(36,37)22(40,41)24(44,45)26(48,49)50)7-5-15(10-55-14(56-11-15)13-3-1-12(9-54)2-4-13)6-8-17(30,31)19(34,35)21(38,39)23(42,43)25(46,47)27(51,52)53/h1-4,9,14H,5-8,10-11H2. The maximum absolute atomic E-state index is 14.6. The smallest absolute Gasteiger partial charge is 0.348 e. The first-order valence-corrected chi connectivity index (χ1v) is 14.2. The van der Waals surface area contributed by atoms with Gasteiger partial charge in [0, 0.05) is 29.4 Å². The zero-order valence-electron chi connectivity index (χ0n) is 26.3. The van der Waals surface area contributed by atoms with E-state index in [0.29, 0.717) is 0 Å². The lowest BCUT2D eigenvalue weighted by Gasteiger charge is -2.44. The summed E-state index contributed by atoms with van der Waals surface area (Å²) in [4.78, 5) is 10.8. The lowest BCUT2D eigenvalue weighted by atomic mass is 9.76. The van der Waals surface area contributed by atoms with Crippen LogP contribution in [0.25, 0.3) is 0 Å². The zero-order chi connectivity index (χ0) is 44.4. The summed E-state index contributed by atoms with van der Waals surface area (Å²) in [5.74, 6) is -79.8. The van der Waals surface area contributed by atoms with Crippen molar-refractivity contribution in [3.8, 4) is 0 Å². The molecule has 1 fully saturated rings. The van der Waals surface area contributed by atoms with E-state index < -0.39 is 122 Å². The van der Waals surface area contributed by atoms with Crippen molar-refractivity contribution in [2.75, 3.05) is 13.2 Å². The average molecular weight is 884 g/mol. The first kappa shape index (κ1) is 49.1. The number of carbonyl (C=O) groups is 1. The van der Waals surface area contributed by atoms with Crippen LogP contribution in [0.2, 0.25) is 0 Å². The highest BCUT2D eigenvalue weighted by Gasteiger charge is 2.92. The van der Waals surface area contributed by atoms with Crippen LogP contribution in [0.4, 0.5) is 114 Å². The van der Waals surface area contributed by atoms with Crippen molar-refractivity contribution in [2.24, 2.45) is 5.41 Å². The molecule has 1 heterocycles. The van der Waals surface area contributed by atoms with E-state index in [2.05, 4.69) is 0 Å². The molecule has 0 saturated carbocycles. The third-order valence-corrected chi connectivity index (χ3v) is 8.36. The largest absolute Gasteiger partial charge is 0.460 e. The number of halogens is 26. The zero-order valence-corrected chi connectivity index (χ0v) is 26.3. The molecule has 1 aromatic rings. The van der Waals surface area contributed by atoms with Crippen molar-refractivity contribution in [2.45, 2.75) is 104 Å². The van der Waals surface area contributed by atoms with E-state index in [1.54, 1.807) is 0 Å². The van der Waals surface area contributed by atoms with Gasteiger partial charge in [-0.25, -0.2) is 0 Å². The van der Waals surface area contributed by atoms with Gasteiger partial charge in [0.25, 0.3) is 0 Å². The molecule has 29 heteroatoms. The predicted octanol–water partition coefficient (Wildman–Crippen LogP) is 11.6. The Bertz CT molecular complexity index is 1440. The molecule has 1 aliphatic rings. The summed E-state index contributed by atoms with van der Waals surface area (Å²) in [6.07, 6.45) is -28.5. The fraction of sp³-hybridized carbons (Fsp3) is 0.741. The quantitative estimate of drug-likeness (QED) is 0.123. The molecule has 0 N–H and O–H groups in total. The summed E-state index contributed by atoms with van der Waals surface area (Å²) >= 11 is 0. The van der Waals surface area contributed by atoms with Gasteiger partial charge in [-0.3, -0.25) is 4.79 Å². The van der Waals surface area contributed by atoms with Gasteiger partial charge in [-0.2, -0.15) is 114 Å². The highest BCUT2D eigenvalue weighted by atomic mass is 19.4. The van der Waals surface area contributed by atoms with Gasteiger partial charge in [0.1, 0.15) is 6.29 Å². The van der Waals surface area contributed by atoms with E-state index in [9.17, 15) is 119 Å². The number of carbonyl (C=O) groups excluding carboxylic acids is 1. The van der Waals surface area contributed by atoms with E-state index in [4.69, 9.17) is 9.47 Å². The van der Waals surface area contributed by atoms with Crippen LogP contribution in [-0.4, -0.2) is 91.1 Å². The Kier molecular flexibility index (Phi) is 12.6. The van der Waals surface area contributed by atoms with Gasteiger partial charge in [-0.05, 0) is 12.8 Å². The molecule has 0 amide bonds. The van der Waals surface area contributed by atoms with Gasteiger partial charge in [-0.15, -0.1) is 0 Å². The lowest BCUT2D eigenvalue weighted by Crippen LogP contribution is -2.70. The molecule has 0 aromatic heterocycles. The maximum atomic E-state index is 14.6. The number of hydrogen-bond acceptors (Lipinski definition) is 3. The van der Waals surface area contributed by atoms with Crippen LogP contribution < -0.4 is 0 Å². The summed E-state index contributed by atoms with van der Waals surface area (Å²) in [5.41, 5.74) is -3.60. The van der Waals surface area contributed by atoms with Crippen LogP contribution in [0.1, 0.15) is 47.9 Å². The molecule has 0 radical (unpaired) electrons. The third-order valence-electron chi connectivity index (χ3n) is 8.36. The molecule has 2 rings (SSSR count). The second-order valence-corrected chi connectivity index (χ2v) is 12.2. The molecule has 3 nitrogen and oxygen atoms in total. The van der Waals surface area contributed by atoms with Crippen LogP contribution in [0, 0.1) is 5.41 Å². The van der Waals surface area contributed by atoms with Crippen molar-refractivity contribution < 1.29 is 128 Å². The molecular formula is C27H18F26O3. The minimum absolute atomic E-state index is 0.0871. The van der Waals surface area contributed by atoms with Crippen molar-refractivity contribution >= 4 is 6.29 Å². The highest BCUT2D eigenvalue weighted by molar-refractivity contribution is 5.74. The van der Waals surface area contributed by atoms with Crippen molar-refractivity contribution in [1.82, 2.24) is 0 Å². The van der Waals surface area contributed by atoms with Gasteiger partial charge in [0.2, 0.25) is 0 Å². The van der Waals surface area contributed by atoms with Crippen LogP contribution in [-0.2, 0) is 9.47 Å². The van der Waals surface area contributed by atoms with Crippen LogP contribution in [0.15, 0.2) is 24.3 Å². The molecule has 0 aliphatic carbocycles. The first-order chi connectivity index (χ1) is 24.5. The fourth-order valence-corrected chi connectivity index (χ4v) is 4.69. The molecule has 56 heavy (non-hydrogen) atoms. The van der Waals surface area contributed by atoms with E-state index >= 15 is 0 Å². The number of alkyl halides is 26. The third kappa shape index (κ3) is 7.66. The monoisotopic (exact) mass is 884 g/mol. The number of ether oxygens (including phenoxy) is 2. The van der Waals surface area contributed by atoms with Gasteiger partial charge >= 0.3 is 71.6 Å². The number of aldehydes is 1. The number of hydrogen-bond donors (Lipinski definition) is 0. The number of benzene rings is 1. The molecule has 0 atom stereocenters. The molecule has 0 unspecified atom stereocenters. The average Bonchev–Trinajstić information content (AvgIpc) is 3.05. The molecule has 1 aromatic carbocycles. The lowest BCUT2D eigenvalue weighted by molar-refractivity contribution is -0.441. The highest BCUT2D eigenvalue weighted by Crippen LogP contribution is 2.63. The van der Waals surface area contributed by atoms with Crippen LogP contribution in [0.5, 0.6) is 0 Å². The Morgan fingerprint density at radius 2 is 0.750 bits per heavy atom. The maximum Gasteiger partial charge on any atom is 0.460 e. The van der Waals surface area contributed by atoms with Gasteiger partial charge in [0.05, 0.1) is 13.2 Å². The summed E-state index contributed by atoms with van der Waals surface area (Å²) in [6, 6.07) is 3.86. The van der Waals surface area contributed by atoms with Crippen LogP contribution >= 0.6 is 0 Å². The summed E-state index contributed by atoms with van der Waals surface area (Å²) in [5, 5.41) is 0. The summed E-state index contributed by atoms with van der Waals surface area (Å²) in [7, 11) is 0. The molecule has 0 bridgehead atoms. The van der Waals surface area contributed by atoms with Crippen molar-refractivity contribution in [3.05, 3.63) is 35.4 Å². The van der Waals surface area contributed by atoms with Gasteiger partial charge in [-0.1, -0.05) is 24.3 Å².